The van der Waals surface area contributed by atoms with Gasteiger partial charge in [-0.15, -0.1) is 0 Å². The minimum atomic E-state index is -0.0516. The molecule has 0 spiro atoms. The summed E-state index contributed by atoms with van der Waals surface area (Å²) in [5.74, 6) is 0.985. The molecule has 0 aromatic heterocycles. The van der Waals surface area contributed by atoms with Crippen LogP contribution in [0.5, 0.6) is 5.75 Å². The molecule has 3 rings (SSSR count). The number of benzene rings is 2. The zero-order valence-corrected chi connectivity index (χ0v) is 17.6. The van der Waals surface area contributed by atoms with Gasteiger partial charge in [-0.05, 0) is 49.2 Å². The van der Waals surface area contributed by atoms with E-state index in [4.69, 9.17) is 4.74 Å². The zero-order chi connectivity index (χ0) is 20.5. The molecule has 2 aromatic carbocycles. The van der Waals surface area contributed by atoms with E-state index < -0.39 is 0 Å². The fourth-order valence-electron chi connectivity index (χ4n) is 3.92. The summed E-state index contributed by atoms with van der Waals surface area (Å²) in [6.07, 6.45) is 1.81. The summed E-state index contributed by atoms with van der Waals surface area (Å²) in [5.41, 5.74) is 2.35. The fourth-order valence-corrected chi connectivity index (χ4v) is 3.92. The molecule has 1 aliphatic rings. The van der Waals surface area contributed by atoms with Gasteiger partial charge < -0.3 is 15.0 Å². The lowest BCUT2D eigenvalue weighted by atomic mass is 9.96. The van der Waals surface area contributed by atoms with Crippen LogP contribution >= 0.6 is 0 Å². The van der Waals surface area contributed by atoms with Crippen molar-refractivity contribution in [2.24, 2.45) is 0 Å². The molecule has 29 heavy (non-hydrogen) atoms. The van der Waals surface area contributed by atoms with Crippen LogP contribution in [-0.2, 0) is 4.79 Å². The van der Waals surface area contributed by atoms with Crippen molar-refractivity contribution in [3.8, 4) is 5.75 Å². The summed E-state index contributed by atoms with van der Waals surface area (Å²) in [4.78, 5) is 17.4. The number of hydrogen-bond acceptors (Lipinski definition) is 4. The number of anilines is 1. The largest absolute Gasteiger partial charge is 0.497 e. The maximum atomic E-state index is 12.5. The van der Waals surface area contributed by atoms with Gasteiger partial charge in [0.25, 0.3) is 0 Å². The molecule has 2 aromatic rings. The van der Waals surface area contributed by atoms with Gasteiger partial charge in [-0.2, -0.15) is 0 Å². The Bertz CT molecular complexity index is 740. The Balaban J connectivity index is 1.35. The number of hydrogen-bond donors (Lipinski definition) is 1. The first-order chi connectivity index (χ1) is 14.2. The molecule has 1 fully saturated rings. The van der Waals surface area contributed by atoms with Gasteiger partial charge in [0.15, 0.2) is 0 Å². The highest BCUT2D eigenvalue weighted by molar-refractivity contribution is 5.83. The highest BCUT2D eigenvalue weighted by Crippen LogP contribution is 2.21. The molecule has 1 amide bonds. The van der Waals surface area contributed by atoms with Gasteiger partial charge in [0, 0.05) is 38.4 Å². The van der Waals surface area contributed by atoms with Crippen molar-refractivity contribution in [3.63, 3.8) is 0 Å². The van der Waals surface area contributed by atoms with Gasteiger partial charge in [0.2, 0.25) is 5.91 Å². The summed E-state index contributed by atoms with van der Waals surface area (Å²) >= 11 is 0. The van der Waals surface area contributed by atoms with Crippen molar-refractivity contribution < 1.29 is 9.53 Å². The van der Waals surface area contributed by atoms with Crippen LogP contribution in [0.4, 0.5) is 5.69 Å². The molecular formula is C24H33N3O2. The molecule has 1 N–H and O–H groups in total. The third kappa shape index (κ3) is 5.97. The Kier molecular flexibility index (Phi) is 7.94. The van der Waals surface area contributed by atoms with Crippen molar-refractivity contribution in [2.75, 3.05) is 51.3 Å². The lowest BCUT2D eigenvalue weighted by Crippen LogP contribution is -2.47. The summed E-state index contributed by atoms with van der Waals surface area (Å²) in [5, 5.41) is 3.13. The molecule has 0 radical (unpaired) electrons. The van der Waals surface area contributed by atoms with Crippen LogP contribution in [0.2, 0.25) is 0 Å². The highest BCUT2D eigenvalue weighted by Gasteiger charge is 2.19. The van der Waals surface area contributed by atoms with E-state index in [1.54, 1.807) is 7.11 Å². The fraction of sp³-hybridized carbons (Fsp3) is 0.458. The number of carbonyl (C=O) groups excluding carboxylic acids is 1. The summed E-state index contributed by atoms with van der Waals surface area (Å²) < 4.78 is 5.24. The zero-order valence-electron chi connectivity index (χ0n) is 17.6. The number of ether oxygens (including phenoxy) is 1. The molecule has 0 bridgehead atoms. The summed E-state index contributed by atoms with van der Waals surface area (Å²) in [6, 6.07) is 18.3. The van der Waals surface area contributed by atoms with Crippen LogP contribution in [0.15, 0.2) is 54.6 Å². The number of nitrogens with zero attached hydrogens (tertiary/aromatic N) is 2. The highest BCUT2D eigenvalue weighted by atomic mass is 16.5. The monoisotopic (exact) mass is 395 g/mol. The standard InChI is InChI=1S/C24H33N3O2/c1-3-23(20-8-5-4-6-9-20)24(28)25-14-7-15-26-16-18-27(19-17-26)21-10-12-22(29-2)13-11-21/h4-6,8-13,23H,3,7,14-19H2,1-2H3,(H,25,28). The number of amides is 1. The van der Waals surface area contributed by atoms with Crippen LogP contribution in [0, 0.1) is 0 Å². The second-order valence-corrected chi connectivity index (χ2v) is 7.54. The van der Waals surface area contributed by atoms with Crippen LogP contribution in [0.25, 0.3) is 0 Å². The quantitative estimate of drug-likeness (QED) is 0.660. The predicted molar refractivity (Wildman–Crippen MR) is 119 cm³/mol. The van der Waals surface area contributed by atoms with E-state index in [1.165, 1.54) is 5.69 Å². The van der Waals surface area contributed by atoms with Gasteiger partial charge in [-0.1, -0.05) is 37.3 Å². The van der Waals surface area contributed by atoms with Gasteiger partial charge in [0.1, 0.15) is 5.75 Å². The Morgan fingerprint density at radius 1 is 1.03 bits per heavy atom. The van der Waals surface area contributed by atoms with Crippen molar-refractivity contribution >= 4 is 11.6 Å². The molecular weight excluding hydrogens is 362 g/mol. The first-order valence-electron chi connectivity index (χ1n) is 10.6. The predicted octanol–water partition coefficient (Wildman–Crippen LogP) is 3.52. The van der Waals surface area contributed by atoms with Crippen LogP contribution in [0.1, 0.15) is 31.2 Å². The van der Waals surface area contributed by atoms with E-state index in [1.807, 2.05) is 42.5 Å². The number of nitrogens with one attached hydrogen (secondary N) is 1. The maximum Gasteiger partial charge on any atom is 0.227 e. The van der Waals surface area contributed by atoms with Gasteiger partial charge in [0.05, 0.1) is 13.0 Å². The summed E-state index contributed by atoms with van der Waals surface area (Å²) in [7, 11) is 1.69. The lowest BCUT2D eigenvalue weighted by molar-refractivity contribution is -0.122. The van der Waals surface area contributed by atoms with Gasteiger partial charge in [-0.25, -0.2) is 0 Å². The second-order valence-electron chi connectivity index (χ2n) is 7.54. The van der Waals surface area contributed by atoms with E-state index in [9.17, 15) is 4.79 Å². The lowest BCUT2D eigenvalue weighted by Gasteiger charge is -2.36. The Morgan fingerprint density at radius 3 is 2.34 bits per heavy atom. The number of carbonyl (C=O) groups is 1. The molecule has 1 saturated heterocycles. The van der Waals surface area contributed by atoms with Crippen molar-refractivity contribution in [2.45, 2.75) is 25.7 Å². The van der Waals surface area contributed by atoms with Gasteiger partial charge >= 0.3 is 0 Å². The Labute approximate surface area is 174 Å². The molecule has 156 valence electrons. The van der Waals surface area contributed by atoms with E-state index in [2.05, 4.69) is 34.2 Å². The first-order valence-corrected chi connectivity index (χ1v) is 10.6. The van der Waals surface area contributed by atoms with E-state index >= 15 is 0 Å². The average molecular weight is 396 g/mol. The topological polar surface area (TPSA) is 44.8 Å². The maximum absolute atomic E-state index is 12.5. The third-order valence-electron chi connectivity index (χ3n) is 5.69. The molecule has 1 aliphatic heterocycles. The normalized spacial score (nSPS) is 15.7. The molecule has 1 heterocycles. The van der Waals surface area contributed by atoms with Crippen LogP contribution < -0.4 is 15.0 Å². The van der Waals surface area contributed by atoms with E-state index in [0.29, 0.717) is 0 Å². The van der Waals surface area contributed by atoms with Crippen molar-refractivity contribution in [1.29, 1.82) is 0 Å². The third-order valence-corrected chi connectivity index (χ3v) is 5.69. The molecule has 5 nitrogen and oxygen atoms in total. The molecule has 0 saturated carbocycles. The van der Waals surface area contributed by atoms with E-state index in [-0.39, 0.29) is 11.8 Å². The Hall–Kier alpha value is -2.53. The molecule has 1 unspecified atom stereocenters. The number of methoxy groups -OCH3 is 1. The number of rotatable bonds is 9. The smallest absolute Gasteiger partial charge is 0.227 e. The number of piperazine rings is 1. The SMILES string of the molecule is CCC(C(=O)NCCCN1CCN(c2ccc(OC)cc2)CC1)c1ccccc1. The first kappa shape index (κ1) is 21.2. The Morgan fingerprint density at radius 2 is 1.72 bits per heavy atom. The minimum Gasteiger partial charge on any atom is -0.497 e. The van der Waals surface area contributed by atoms with Crippen molar-refractivity contribution in [1.82, 2.24) is 10.2 Å². The minimum absolute atomic E-state index is 0.0516. The van der Waals surface area contributed by atoms with Crippen molar-refractivity contribution in [3.05, 3.63) is 60.2 Å². The van der Waals surface area contributed by atoms with Crippen LogP contribution in [0.3, 0.4) is 0 Å². The molecule has 5 heteroatoms. The van der Waals surface area contributed by atoms with Gasteiger partial charge in [-0.3, -0.25) is 9.69 Å². The average Bonchev–Trinajstić information content (AvgIpc) is 2.78. The summed E-state index contributed by atoms with van der Waals surface area (Å²) in [6.45, 7) is 8.01. The van der Waals surface area contributed by atoms with E-state index in [0.717, 1.165) is 63.4 Å². The molecule has 0 aliphatic carbocycles. The van der Waals surface area contributed by atoms with Crippen LogP contribution in [-0.4, -0.2) is 57.2 Å². The second kappa shape index (κ2) is 10.9. The molecule has 1 atom stereocenters.